The highest BCUT2D eigenvalue weighted by molar-refractivity contribution is 5.93. The summed E-state index contributed by atoms with van der Waals surface area (Å²) in [7, 11) is 0. The van der Waals surface area contributed by atoms with E-state index in [-0.39, 0.29) is 11.3 Å². The minimum absolute atomic E-state index is 0.188. The summed E-state index contributed by atoms with van der Waals surface area (Å²) in [6.07, 6.45) is 9.35. The lowest BCUT2D eigenvalue weighted by molar-refractivity contribution is -0.117. The third-order valence-corrected chi connectivity index (χ3v) is 6.28. The van der Waals surface area contributed by atoms with E-state index in [4.69, 9.17) is 0 Å². The molecule has 0 radical (unpaired) electrons. The maximum atomic E-state index is 12.2. The first-order valence-electron chi connectivity index (χ1n) is 9.27. The molecule has 4 rings (SSSR count). The topological polar surface area (TPSA) is 23.6 Å². The largest absolute Gasteiger partial charge is 0.312 e. The van der Waals surface area contributed by atoms with Crippen molar-refractivity contribution < 1.29 is 4.79 Å². The van der Waals surface area contributed by atoms with Crippen molar-refractivity contribution in [3.63, 3.8) is 0 Å². The molecule has 3 nitrogen and oxygen atoms in total. The Balaban J connectivity index is 1.57. The van der Waals surface area contributed by atoms with Crippen molar-refractivity contribution in [2.75, 3.05) is 24.5 Å². The van der Waals surface area contributed by atoms with Crippen LogP contribution in [0, 0.1) is 5.41 Å². The van der Waals surface area contributed by atoms with E-state index in [0.29, 0.717) is 0 Å². The average Bonchev–Trinajstić information content (AvgIpc) is 2.98. The first-order valence-corrected chi connectivity index (χ1v) is 9.27. The number of rotatable bonds is 1. The molecule has 3 aliphatic rings. The summed E-state index contributed by atoms with van der Waals surface area (Å²) in [6.45, 7) is 5.01. The second-order valence-corrected chi connectivity index (χ2v) is 7.92. The highest BCUT2D eigenvalue weighted by atomic mass is 16.2. The second-order valence-electron chi connectivity index (χ2n) is 7.92. The van der Waals surface area contributed by atoms with Gasteiger partial charge in [0.25, 0.3) is 0 Å². The zero-order valence-corrected chi connectivity index (χ0v) is 14.3. The normalized spacial score (nSPS) is 29.0. The molecule has 3 heteroatoms. The summed E-state index contributed by atoms with van der Waals surface area (Å²) in [5.74, 6) is 0.188. The van der Waals surface area contributed by atoms with Gasteiger partial charge in [0.15, 0.2) is 0 Å². The molecule has 1 saturated heterocycles. The number of nitrogens with zero attached hydrogens (tertiary/aromatic N) is 2. The SMILES string of the molecule is CC(=O)N1CC2(CCN(C3CCCCC3)C2)Cc2ccccc21. The van der Waals surface area contributed by atoms with Crippen molar-refractivity contribution in [1.82, 2.24) is 4.90 Å². The molecule has 2 fully saturated rings. The Morgan fingerprint density at radius 1 is 1.13 bits per heavy atom. The van der Waals surface area contributed by atoms with Gasteiger partial charge in [-0.1, -0.05) is 37.5 Å². The number of carbonyl (C=O) groups is 1. The zero-order valence-electron chi connectivity index (χ0n) is 14.3. The molecule has 0 N–H and O–H groups in total. The lowest BCUT2D eigenvalue weighted by atomic mass is 9.76. The highest BCUT2D eigenvalue weighted by Gasteiger charge is 2.45. The van der Waals surface area contributed by atoms with Crippen molar-refractivity contribution in [1.29, 1.82) is 0 Å². The number of anilines is 1. The van der Waals surface area contributed by atoms with Gasteiger partial charge in [0.1, 0.15) is 0 Å². The molecule has 1 unspecified atom stereocenters. The van der Waals surface area contributed by atoms with Gasteiger partial charge in [-0.15, -0.1) is 0 Å². The number of hydrogen-bond acceptors (Lipinski definition) is 2. The van der Waals surface area contributed by atoms with Crippen molar-refractivity contribution >= 4 is 11.6 Å². The van der Waals surface area contributed by atoms with Crippen LogP contribution in [-0.2, 0) is 11.2 Å². The van der Waals surface area contributed by atoms with Crippen LogP contribution in [-0.4, -0.2) is 36.5 Å². The molecule has 0 aromatic heterocycles. The van der Waals surface area contributed by atoms with Gasteiger partial charge in [-0.3, -0.25) is 9.69 Å². The van der Waals surface area contributed by atoms with E-state index in [0.717, 1.165) is 24.7 Å². The summed E-state index contributed by atoms with van der Waals surface area (Å²) in [4.78, 5) is 17.0. The minimum Gasteiger partial charge on any atom is -0.312 e. The number of para-hydroxylation sites is 1. The van der Waals surface area contributed by atoms with E-state index in [1.165, 1.54) is 57.2 Å². The fraction of sp³-hybridized carbons (Fsp3) is 0.650. The van der Waals surface area contributed by atoms with Crippen molar-refractivity contribution in [3.8, 4) is 0 Å². The average molecular weight is 312 g/mol. The first-order chi connectivity index (χ1) is 11.2. The summed E-state index contributed by atoms with van der Waals surface area (Å²) in [5.41, 5.74) is 2.78. The van der Waals surface area contributed by atoms with E-state index in [9.17, 15) is 4.79 Å². The fourth-order valence-electron chi connectivity index (χ4n) is 5.09. The minimum atomic E-state index is 0.188. The number of amides is 1. The molecule has 2 heterocycles. The fourth-order valence-corrected chi connectivity index (χ4v) is 5.09. The molecule has 1 aliphatic carbocycles. The standard InChI is InChI=1S/C20H28N2O/c1-16(23)22-15-20(13-17-7-5-6-10-19(17)22)11-12-21(14-20)18-8-3-2-4-9-18/h5-7,10,18H,2-4,8-9,11-15H2,1H3. The Morgan fingerprint density at radius 3 is 2.70 bits per heavy atom. The molecular formula is C20H28N2O. The van der Waals surface area contributed by atoms with Crippen LogP contribution < -0.4 is 4.90 Å². The van der Waals surface area contributed by atoms with E-state index in [1.807, 2.05) is 4.90 Å². The van der Waals surface area contributed by atoms with Crippen LogP contribution in [0.4, 0.5) is 5.69 Å². The molecule has 1 spiro atoms. The van der Waals surface area contributed by atoms with E-state index in [2.05, 4.69) is 29.2 Å². The van der Waals surface area contributed by atoms with Crippen LogP contribution in [0.15, 0.2) is 24.3 Å². The molecule has 1 amide bonds. The number of likely N-dealkylation sites (tertiary alicyclic amines) is 1. The zero-order chi connectivity index (χ0) is 15.9. The Morgan fingerprint density at radius 2 is 1.91 bits per heavy atom. The molecule has 1 aromatic carbocycles. The third kappa shape index (κ3) is 2.80. The van der Waals surface area contributed by atoms with Crippen LogP contribution in [0.2, 0.25) is 0 Å². The Kier molecular flexibility index (Phi) is 3.92. The quantitative estimate of drug-likeness (QED) is 0.791. The molecule has 2 aliphatic heterocycles. The molecule has 0 bridgehead atoms. The number of fused-ring (bicyclic) bond motifs is 1. The lowest BCUT2D eigenvalue weighted by Gasteiger charge is -2.42. The van der Waals surface area contributed by atoms with Gasteiger partial charge in [-0.2, -0.15) is 0 Å². The molecule has 1 aromatic rings. The molecular weight excluding hydrogens is 284 g/mol. The van der Waals surface area contributed by atoms with Crippen LogP contribution in [0.1, 0.15) is 51.0 Å². The maximum absolute atomic E-state index is 12.2. The predicted octanol–water partition coefficient (Wildman–Crippen LogP) is 3.62. The number of benzene rings is 1. The smallest absolute Gasteiger partial charge is 0.223 e. The summed E-state index contributed by atoms with van der Waals surface area (Å²) >= 11 is 0. The lowest BCUT2D eigenvalue weighted by Crippen LogP contribution is -2.48. The summed E-state index contributed by atoms with van der Waals surface area (Å²) < 4.78 is 0. The van der Waals surface area contributed by atoms with Crippen molar-refractivity contribution in [3.05, 3.63) is 29.8 Å². The molecule has 124 valence electrons. The van der Waals surface area contributed by atoms with Gasteiger partial charge in [0.05, 0.1) is 0 Å². The monoisotopic (exact) mass is 312 g/mol. The summed E-state index contributed by atoms with van der Waals surface area (Å²) in [6, 6.07) is 9.29. The van der Waals surface area contributed by atoms with Crippen LogP contribution in [0.3, 0.4) is 0 Å². The number of carbonyl (C=O) groups excluding carboxylic acids is 1. The van der Waals surface area contributed by atoms with Crippen molar-refractivity contribution in [2.45, 2.75) is 57.9 Å². The Bertz CT molecular complexity index is 593. The third-order valence-electron chi connectivity index (χ3n) is 6.28. The van der Waals surface area contributed by atoms with Gasteiger partial charge in [-0.25, -0.2) is 0 Å². The van der Waals surface area contributed by atoms with Gasteiger partial charge in [-0.05, 0) is 43.9 Å². The molecule has 1 saturated carbocycles. The second kappa shape index (κ2) is 5.94. The predicted molar refractivity (Wildman–Crippen MR) is 93.7 cm³/mol. The summed E-state index contributed by atoms with van der Waals surface area (Å²) in [5, 5.41) is 0. The Hall–Kier alpha value is -1.35. The van der Waals surface area contributed by atoms with E-state index in [1.54, 1.807) is 6.92 Å². The van der Waals surface area contributed by atoms with Crippen LogP contribution in [0.5, 0.6) is 0 Å². The molecule has 23 heavy (non-hydrogen) atoms. The maximum Gasteiger partial charge on any atom is 0.223 e. The number of hydrogen-bond donors (Lipinski definition) is 0. The first kappa shape index (κ1) is 15.2. The van der Waals surface area contributed by atoms with Gasteiger partial charge >= 0.3 is 0 Å². The van der Waals surface area contributed by atoms with E-state index < -0.39 is 0 Å². The van der Waals surface area contributed by atoms with Gasteiger partial charge in [0.2, 0.25) is 5.91 Å². The molecule has 1 atom stereocenters. The van der Waals surface area contributed by atoms with E-state index >= 15 is 0 Å². The van der Waals surface area contributed by atoms with Gasteiger partial charge in [0, 0.05) is 37.2 Å². The highest BCUT2D eigenvalue weighted by Crippen LogP contribution is 2.44. The van der Waals surface area contributed by atoms with Crippen molar-refractivity contribution in [2.24, 2.45) is 5.41 Å². The van der Waals surface area contributed by atoms with Gasteiger partial charge < -0.3 is 4.90 Å². The van der Waals surface area contributed by atoms with Crippen LogP contribution in [0.25, 0.3) is 0 Å². The Labute approximate surface area is 139 Å². The van der Waals surface area contributed by atoms with Crippen LogP contribution >= 0.6 is 0 Å².